The van der Waals surface area contributed by atoms with Crippen LogP contribution in [-0.2, 0) is 14.8 Å². The summed E-state index contributed by atoms with van der Waals surface area (Å²) in [5.74, 6) is -2.06. The Labute approximate surface area is 192 Å². The highest BCUT2D eigenvalue weighted by Gasteiger charge is 2.32. The first-order chi connectivity index (χ1) is 15.2. The molecule has 32 heavy (non-hydrogen) atoms. The van der Waals surface area contributed by atoms with Crippen molar-refractivity contribution in [2.75, 3.05) is 18.4 Å². The molecule has 4 rings (SSSR count). The number of rotatable bonds is 5. The summed E-state index contributed by atoms with van der Waals surface area (Å²) in [5.41, 5.74) is 0.440. The molecule has 0 saturated carbocycles. The first-order valence-corrected chi connectivity index (χ1v) is 12.4. The van der Waals surface area contributed by atoms with Gasteiger partial charge in [-0.2, -0.15) is 4.31 Å². The lowest BCUT2D eigenvalue weighted by Crippen LogP contribution is -2.41. The van der Waals surface area contributed by atoms with Gasteiger partial charge in [0.2, 0.25) is 15.9 Å². The average Bonchev–Trinajstić information content (AvgIpc) is 3.22. The number of hydrogen-bond donors (Lipinski definition) is 1. The van der Waals surface area contributed by atoms with Crippen LogP contribution in [0, 0.1) is 17.6 Å². The van der Waals surface area contributed by atoms with E-state index in [0.717, 1.165) is 23.5 Å². The van der Waals surface area contributed by atoms with Gasteiger partial charge in [-0.05, 0) is 49.2 Å². The van der Waals surface area contributed by atoms with Gasteiger partial charge in [0.05, 0.1) is 10.6 Å². The van der Waals surface area contributed by atoms with Crippen molar-refractivity contribution in [1.82, 2.24) is 9.29 Å². The standard InChI is InChI=1S/C21H18ClF2N3O3S2/c22-14-1-4-16(5-2-14)32(29,30)27-9-7-13(8-10-27)20(28)26-21-25-19(12-31-21)17-6-3-15(23)11-18(17)24/h1-6,11-13H,7-10H2,(H,25,26,28). The maximum Gasteiger partial charge on any atom is 0.243 e. The normalized spacial score (nSPS) is 15.6. The van der Waals surface area contributed by atoms with Gasteiger partial charge in [-0.25, -0.2) is 22.2 Å². The summed E-state index contributed by atoms with van der Waals surface area (Å²) < 4.78 is 54.0. The molecule has 1 aromatic heterocycles. The Balaban J connectivity index is 1.37. The third-order valence-electron chi connectivity index (χ3n) is 5.22. The van der Waals surface area contributed by atoms with E-state index in [9.17, 15) is 22.0 Å². The molecule has 2 aromatic carbocycles. The molecule has 0 atom stereocenters. The number of piperidine rings is 1. The number of nitrogens with zero attached hydrogens (tertiary/aromatic N) is 2. The molecule has 1 saturated heterocycles. The van der Waals surface area contributed by atoms with Crippen LogP contribution in [0.5, 0.6) is 0 Å². The van der Waals surface area contributed by atoms with Gasteiger partial charge in [-0.3, -0.25) is 4.79 Å². The smallest absolute Gasteiger partial charge is 0.243 e. The summed E-state index contributed by atoms with van der Waals surface area (Å²) in [4.78, 5) is 17.0. The third-order valence-corrected chi connectivity index (χ3v) is 8.14. The van der Waals surface area contributed by atoms with Crippen LogP contribution < -0.4 is 5.32 Å². The first-order valence-electron chi connectivity index (χ1n) is 9.71. The van der Waals surface area contributed by atoms with Gasteiger partial charge in [-0.1, -0.05) is 11.6 Å². The van der Waals surface area contributed by atoms with Gasteiger partial charge in [0.1, 0.15) is 11.6 Å². The molecule has 6 nitrogen and oxygen atoms in total. The van der Waals surface area contributed by atoms with Crippen molar-refractivity contribution in [3.63, 3.8) is 0 Å². The van der Waals surface area contributed by atoms with Crippen LogP contribution in [0.25, 0.3) is 11.3 Å². The van der Waals surface area contributed by atoms with Crippen molar-refractivity contribution in [3.8, 4) is 11.3 Å². The molecule has 0 aliphatic carbocycles. The monoisotopic (exact) mass is 497 g/mol. The third kappa shape index (κ3) is 4.83. The number of nitrogens with one attached hydrogen (secondary N) is 1. The quantitative estimate of drug-likeness (QED) is 0.550. The molecular weight excluding hydrogens is 480 g/mol. The topological polar surface area (TPSA) is 79.4 Å². The van der Waals surface area contributed by atoms with Crippen molar-refractivity contribution < 1.29 is 22.0 Å². The second-order valence-corrected chi connectivity index (χ2v) is 10.5. The van der Waals surface area contributed by atoms with Gasteiger partial charge in [-0.15, -0.1) is 11.3 Å². The molecule has 11 heteroatoms. The van der Waals surface area contributed by atoms with Crippen LogP contribution in [0.3, 0.4) is 0 Å². The Morgan fingerprint density at radius 2 is 1.81 bits per heavy atom. The molecule has 1 fully saturated rings. The van der Waals surface area contributed by atoms with E-state index in [4.69, 9.17) is 11.6 Å². The zero-order valence-corrected chi connectivity index (χ0v) is 19.0. The average molecular weight is 498 g/mol. The second-order valence-electron chi connectivity index (χ2n) is 7.28. The summed E-state index contributed by atoms with van der Waals surface area (Å²) in [7, 11) is -3.65. The lowest BCUT2D eigenvalue weighted by atomic mass is 9.97. The number of carbonyl (C=O) groups is 1. The number of benzene rings is 2. The molecule has 3 aromatic rings. The van der Waals surface area contributed by atoms with Gasteiger partial charge in [0, 0.05) is 41.0 Å². The van der Waals surface area contributed by atoms with Crippen LogP contribution in [-0.4, -0.2) is 36.7 Å². The van der Waals surface area contributed by atoms with Crippen LogP contribution in [0.15, 0.2) is 52.7 Å². The zero-order chi connectivity index (χ0) is 22.9. The summed E-state index contributed by atoms with van der Waals surface area (Å²) in [6.45, 7) is 0.430. The number of amides is 1. The van der Waals surface area contributed by atoms with Crippen molar-refractivity contribution in [1.29, 1.82) is 0 Å². The van der Waals surface area contributed by atoms with Gasteiger partial charge in [0.25, 0.3) is 0 Å². The summed E-state index contributed by atoms with van der Waals surface area (Å²) >= 11 is 6.96. The Morgan fingerprint density at radius 1 is 1.12 bits per heavy atom. The number of sulfonamides is 1. The number of hydrogen-bond acceptors (Lipinski definition) is 5. The van der Waals surface area contributed by atoms with Gasteiger partial charge in [0.15, 0.2) is 5.13 Å². The molecule has 0 unspecified atom stereocenters. The number of carbonyl (C=O) groups excluding carboxylic acids is 1. The predicted molar refractivity (Wildman–Crippen MR) is 119 cm³/mol. The Hall–Kier alpha value is -2.40. The van der Waals surface area contributed by atoms with Crippen molar-refractivity contribution in [2.24, 2.45) is 5.92 Å². The molecule has 2 heterocycles. The molecule has 168 valence electrons. The number of thiazole rings is 1. The van der Waals surface area contributed by atoms with Crippen molar-refractivity contribution in [2.45, 2.75) is 17.7 Å². The molecule has 0 spiro atoms. The zero-order valence-electron chi connectivity index (χ0n) is 16.6. The molecule has 0 bridgehead atoms. The van der Waals surface area contributed by atoms with E-state index in [1.807, 2.05) is 0 Å². The van der Waals surface area contributed by atoms with Gasteiger partial charge >= 0.3 is 0 Å². The van der Waals surface area contributed by atoms with E-state index in [-0.39, 0.29) is 35.4 Å². The lowest BCUT2D eigenvalue weighted by Gasteiger charge is -2.30. The molecule has 1 N–H and O–H groups in total. The van der Waals surface area contributed by atoms with Crippen LogP contribution >= 0.6 is 22.9 Å². The van der Waals surface area contributed by atoms with Gasteiger partial charge < -0.3 is 5.32 Å². The fraction of sp³-hybridized carbons (Fsp3) is 0.238. The maximum atomic E-state index is 14.0. The van der Waals surface area contributed by atoms with Crippen LogP contribution in [0.1, 0.15) is 12.8 Å². The van der Waals surface area contributed by atoms with E-state index < -0.39 is 21.7 Å². The minimum Gasteiger partial charge on any atom is -0.302 e. The number of anilines is 1. The lowest BCUT2D eigenvalue weighted by molar-refractivity contribution is -0.120. The maximum absolute atomic E-state index is 14.0. The minimum absolute atomic E-state index is 0.142. The fourth-order valence-electron chi connectivity index (χ4n) is 3.47. The van der Waals surface area contributed by atoms with Crippen LogP contribution in [0.2, 0.25) is 5.02 Å². The predicted octanol–water partition coefficient (Wildman–Crippen LogP) is 4.78. The SMILES string of the molecule is O=C(Nc1nc(-c2ccc(F)cc2F)cs1)C1CCN(S(=O)(=O)c2ccc(Cl)cc2)CC1. The van der Waals surface area contributed by atoms with Crippen LogP contribution in [0.4, 0.5) is 13.9 Å². The molecular formula is C21H18ClF2N3O3S2. The minimum atomic E-state index is -3.65. The molecule has 1 aliphatic heterocycles. The van der Waals surface area contributed by atoms with E-state index >= 15 is 0 Å². The highest BCUT2D eigenvalue weighted by molar-refractivity contribution is 7.89. The fourth-order valence-corrected chi connectivity index (χ4v) is 5.78. The number of halogens is 3. The van der Waals surface area contributed by atoms with E-state index in [1.165, 1.54) is 34.6 Å². The highest BCUT2D eigenvalue weighted by atomic mass is 35.5. The summed E-state index contributed by atoms with van der Waals surface area (Å²) in [5, 5.41) is 5.04. The number of aromatic nitrogens is 1. The van der Waals surface area contributed by atoms with Crippen molar-refractivity contribution in [3.05, 3.63) is 64.5 Å². The molecule has 1 amide bonds. The second kappa shape index (κ2) is 9.22. The largest absolute Gasteiger partial charge is 0.302 e. The van der Waals surface area contributed by atoms with E-state index in [0.29, 0.717) is 28.7 Å². The molecule has 0 radical (unpaired) electrons. The molecule has 1 aliphatic rings. The Bertz CT molecular complexity index is 1240. The van der Waals surface area contributed by atoms with E-state index in [1.54, 1.807) is 5.38 Å². The Morgan fingerprint density at radius 3 is 2.47 bits per heavy atom. The summed E-state index contributed by atoms with van der Waals surface area (Å²) in [6.07, 6.45) is 0.729. The summed E-state index contributed by atoms with van der Waals surface area (Å²) in [6, 6.07) is 9.17. The highest BCUT2D eigenvalue weighted by Crippen LogP contribution is 2.29. The van der Waals surface area contributed by atoms with E-state index in [2.05, 4.69) is 10.3 Å². The first kappa shape index (κ1) is 22.8. The Kier molecular flexibility index (Phi) is 6.57. The van der Waals surface area contributed by atoms with Crippen molar-refractivity contribution >= 4 is 44.0 Å².